The lowest BCUT2D eigenvalue weighted by molar-refractivity contribution is -0.302. The van der Waals surface area contributed by atoms with Crippen LogP contribution in [0.2, 0.25) is 0 Å². The van der Waals surface area contributed by atoms with Crippen molar-refractivity contribution in [1.82, 2.24) is 5.32 Å². The van der Waals surface area contributed by atoms with Crippen molar-refractivity contribution in [2.24, 2.45) is 0 Å². The Morgan fingerprint density at radius 1 is 0.450 bits per heavy atom. The summed E-state index contributed by atoms with van der Waals surface area (Å²) in [6.45, 7) is 4.36. The number of amides is 1. The molecule has 0 aromatic heterocycles. The van der Waals surface area contributed by atoms with Gasteiger partial charge in [-0.25, -0.2) is 0 Å². The Morgan fingerprint density at radius 2 is 0.787 bits per heavy atom. The molecule has 11 nitrogen and oxygen atoms in total. The SMILES string of the molecule is CCCCCCCCC/C=C/C(O)C(COC1OC(CO)C(O)C(O)C1O)NC(=O)CCCCCCCCCCCCCCCCCCCCCCCCCCOC(=O)CCCCCCCCCCCCCCCCCCCCC. The van der Waals surface area contributed by atoms with Gasteiger partial charge < -0.3 is 45.1 Å². The molecular weight excluding hydrogens is 1000 g/mol. The van der Waals surface area contributed by atoms with E-state index in [2.05, 4.69) is 19.2 Å². The topological polar surface area (TPSA) is 175 Å². The van der Waals surface area contributed by atoms with Gasteiger partial charge in [0.2, 0.25) is 5.91 Å². The zero-order valence-corrected chi connectivity index (χ0v) is 52.6. The maximum absolute atomic E-state index is 13.0. The number of ether oxygens (including phenoxy) is 3. The molecule has 0 radical (unpaired) electrons. The van der Waals surface area contributed by atoms with Crippen molar-refractivity contribution < 1.29 is 49.3 Å². The number of carbonyl (C=O) groups excluding carboxylic acids is 2. The van der Waals surface area contributed by atoms with Gasteiger partial charge in [-0.15, -0.1) is 0 Å². The summed E-state index contributed by atoms with van der Waals surface area (Å²) in [6.07, 6.45) is 62.1. The van der Waals surface area contributed by atoms with E-state index in [4.69, 9.17) is 14.2 Å². The van der Waals surface area contributed by atoms with Gasteiger partial charge in [0.1, 0.15) is 24.4 Å². The van der Waals surface area contributed by atoms with Gasteiger partial charge in [0.25, 0.3) is 0 Å². The number of aliphatic hydroxyl groups excluding tert-OH is 5. The number of rotatable bonds is 62. The quantitative estimate of drug-likeness (QED) is 0.0195. The lowest BCUT2D eigenvalue weighted by atomic mass is 9.99. The standard InChI is InChI=1S/C69H133NO10/c1-3-5-7-9-11-13-14-15-16-17-24-28-31-34-37-41-45-49-53-57-65(74)78-58-54-50-46-42-38-35-32-29-26-23-21-19-18-20-22-25-27-30-33-36-40-44-48-52-56-64(73)70-61(62(72)55-51-47-43-39-12-10-8-6-4-2)60-79-69-68(77)67(76)66(75)63(59-71)80-69/h51,55,61-63,66-69,71-72,75-77H,3-50,52-54,56-60H2,1-2H3,(H,70,73)/b55-51+. The molecule has 1 heterocycles. The minimum atomic E-state index is -1.57. The molecule has 0 bridgehead atoms. The summed E-state index contributed by atoms with van der Waals surface area (Å²) in [7, 11) is 0. The van der Waals surface area contributed by atoms with Gasteiger partial charge in [0.15, 0.2) is 6.29 Å². The van der Waals surface area contributed by atoms with Crippen molar-refractivity contribution in [3.05, 3.63) is 12.2 Å². The van der Waals surface area contributed by atoms with Gasteiger partial charge in [-0.3, -0.25) is 9.59 Å². The smallest absolute Gasteiger partial charge is 0.305 e. The Bertz CT molecular complexity index is 1330. The van der Waals surface area contributed by atoms with Crippen molar-refractivity contribution >= 4 is 11.9 Å². The fourth-order valence-electron chi connectivity index (χ4n) is 11.4. The van der Waals surface area contributed by atoms with Gasteiger partial charge in [-0.05, 0) is 32.1 Å². The maximum atomic E-state index is 13.0. The first kappa shape index (κ1) is 76.4. The van der Waals surface area contributed by atoms with Gasteiger partial charge in [-0.1, -0.05) is 321 Å². The minimum absolute atomic E-state index is 0.00991. The van der Waals surface area contributed by atoms with E-state index in [1.807, 2.05) is 6.08 Å². The Kier molecular flexibility index (Phi) is 56.5. The molecule has 1 rings (SSSR count). The average molecular weight is 1140 g/mol. The third kappa shape index (κ3) is 47.7. The first-order chi connectivity index (χ1) is 39.2. The monoisotopic (exact) mass is 1140 g/mol. The molecule has 0 saturated carbocycles. The van der Waals surface area contributed by atoms with E-state index in [1.165, 1.54) is 270 Å². The summed E-state index contributed by atoms with van der Waals surface area (Å²) in [5.74, 6) is -0.171. The van der Waals surface area contributed by atoms with Crippen LogP contribution in [0.25, 0.3) is 0 Å². The first-order valence-corrected chi connectivity index (χ1v) is 35.0. The highest BCUT2D eigenvalue weighted by Crippen LogP contribution is 2.23. The number of hydrogen-bond donors (Lipinski definition) is 6. The number of hydrogen-bond acceptors (Lipinski definition) is 10. The fourth-order valence-corrected chi connectivity index (χ4v) is 11.4. The molecule has 6 N–H and O–H groups in total. The molecule has 0 aromatic carbocycles. The van der Waals surface area contributed by atoms with E-state index in [1.54, 1.807) is 6.08 Å². The van der Waals surface area contributed by atoms with Crippen LogP contribution >= 0.6 is 0 Å². The molecule has 0 spiro atoms. The van der Waals surface area contributed by atoms with Crippen LogP contribution in [0.4, 0.5) is 0 Å². The second kappa shape index (κ2) is 59.1. The van der Waals surface area contributed by atoms with E-state index in [-0.39, 0.29) is 18.5 Å². The molecular formula is C69H133NO10. The van der Waals surface area contributed by atoms with Crippen LogP contribution in [-0.4, -0.2) is 100 Å². The van der Waals surface area contributed by atoms with Gasteiger partial charge in [-0.2, -0.15) is 0 Å². The summed E-state index contributed by atoms with van der Waals surface area (Å²) >= 11 is 0. The Morgan fingerprint density at radius 3 is 1.16 bits per heavy atom. The van der Waals surface area contributed by atoms with E-state index in [0.717, 1.165) is 57.8 Å². The zero-order valence-electron chi connectivity index (χ0n) is 52.6. The van der Waals surface area contributed by atoms with Crippen LogP contribution in [0.1, 0.15) is 354 Å². The van der Waals surface area contributed by atoms with Crippen LogP contribution in [0, 0.1) is 0 Å². The average Bonchev–Trinajstić information content (AvgIpc) is 3.45. The number of aliphatic hydroxyl groups is 5. The van der Waals surface area contributed by atoms with E-state index < -0.39 is 49.5 Å². The van der Waals surface area contributed by atoms with E-state index in [0.29, 0.717) is 19.4 Å². The second-order valence-corrected chi connectivity index (χ2v) is 24.6. The van der Waals surface area contributed by atoms with Crippen LogP contribution in [0.5, 0.6) is 0 Å². The Hall–Kier alpha value is -1.60. The van der Waals surface area contributed by atoms with Crippen molar-refractivity contribution in [2.45, 2.75) is 397 Å². The van der Waals surface area contributed by atoms with Gasteiger partial charge in [0, 0.05) is 12.8 Å². The van der Waals surface area contributed by atoms with Crippen molar-refractivity contribution in [1.29, 1.82) is 0 Å². The zero-order chi connectivity index (χ0) is 58.0. The Balaban J connectivity index is 1.91. The molecule has 0 aliphatic carbocycles. The predicted octanol–water partition coefficient (Wildman–Crippen LogP) is 17.5. The molecule has 1 aliphatic rings. The largest absolute Gasteiger partial charge is 0.466 e. The van der Waals surface area contributed by atoms with Crippen LogP contribution in [0.3, 0.4) is 0 Å². The highest BCUT2D eigenvalue weighted by Gasteiger charge is 2.44. The maximum Gasteiger partial charge on any atom is 0.305 e. The fraction of sp³-hybridized carbons (Fsp3) is 0.942. The van der Waals surface area contributed by atoms with E-state index in [9.17, 15) is 35.1 Å². The molecule has 1 aliphatic heterocycles. The summed E-state index contributed by atoms with van der Waals surface area (Å²) in [5.41, 5.74) is 0. The molecule has 7 atom stereocenters. The molecule has 0 aromatic rings. The predicted molar refractivity (Wildman–Crippen MR) is 334 cm³/mol. The van der Waals surface area contributed by atoms with Crippen LogP contribution < -0.4 is 5.32 Å². The van der Waals surface area contributed by atoms with Gasteiger partial charge in [0.05, 0.1) is 32.0 Å². The number of unbranched alkanes of at least 4 members (excludes halogenated alkanes) is 48. The molecule has 7 unspecified atom stereocenters. The number of allylic oxidation sites excluding steroid dienone is 1. The third-order valence-electron chi connectivity index (χ3n) is 16.9. The molecule has 80 heavy (non-hydrogen) atoms. The minimum Gasteiger partial charge on any atom is -0.466 e. The van der Waals surface area contributed by atoms with E-state index >= 15 is 0 Å². The molecule has 1 amide bonds. The van der Waals surface area contributed by atoms with Gasteiger partial charge >= 0.3 is 5.97 Å². The highest BCUT2D eigenvalue weighted by molar-refractivity contribution is 5.76. The number of carbonyl (C=O) groups is 2. The molecule has 1 fully saturated rings. The molecule has 1 saturated heterocycles. The van der Waals surface area contributed by atoms with Crippen molar-refractivity contribution in [3.8, 4) is 0 Å². The van der Waals surface area contributed by atoms with Crippen LogP contribution in [-0.2, 0) is 23.8 Å². The second-order valence-electron chi connectivity index (χ2n) is 24.6. The third-order valence-corrected chi connectivity index (χ3v) is 16.9. The Labute approximate surface area is 493 Å². The summed E-state index contributed by atoms with van der Waals surface area (Å²) < 4.78 is 16.7. The summed E-state index contributed by atoms with van der Waals surface area (Å²) in [5, 5.41) is 54.3. The molecule has 11 heteroatoms. The summed E-state index contributed by atoms with van der Waals surface area (Å²) in [6, 6.07) is -0.807. The number of nitrogens with one attached hydrogen (secondary N) is 1. The highest BCUT2D eigenvalue weighted by atomic mass is 16.7. The van der Waals surface area contributed by atoms with Crippen LogP contribution in [0.15, 0.2) is 12.2 Å². The normalized spacial score (nSPS) is 18.3. The summed E-state index contributed by atoms with van der Waals surface area (Å²) in [4.78, 5) is 25.1. The van der Waals surface area contributed by atoms with Crippen molar-refractivity contribution in [2.75, 3.05) is 19.8 Å². The lowest BCUT2D eigenvalue weighted by Crippen LogP contribution is -2.60. The van der Waals surface area contributed by atoms with Crippen molar-refractivity contribution in [3.63, 3.8) is 0 Å². The molecule has 474 valence electrons. The lowest BCUT2D eigenvalue weighted by Gasteiger charge is -2.40. The first-order valence-electron chi connectivity index (χ1n) is 35.0. The number of esters is 1.